The van der Waals surface area contributed by atoms with Gasteiger partial charge in [0.05, 0.1) is 5.56 Å². The summed E-state index contributed by atoms with van der Waals surface area (Å²) in [4.78, 5) is 18.5. The molecule has 1 aromatic carbocycles. The van der Waals surface area contributed by atoms with Gasteiger partial charge in [0.25, 0.3) is 0 Å². The summed E-state index contributed by atoms with van der Waals surface area (Å²) in [5, 5.41) is 6.62. The van der Waals surface area contributed by atoms with Crippen molar-refractivity contribution in [3.63, 3.8) is 0 Å². The molecule has 138 valence electrons. The highest BCUT2D eigenvalue weighted by molar-refractivity contribution is 5.89. The molecule has 1 saturated carbocycles. The summed E-state index contributed by atoms with van der Waals surface area (Å²) in [6.45, 7) is 0.526. The summed E-state index contributed by atoms with van der Waals surface area (Å²) in [6.07, 6.45) is -0.775. The highest BCUT2D eigenvalue weighted by Crippen LogP contribution is 2.40. The van der Waals surface area contributed by atoms with Crippen molar-refractivity contribution >= 4 is 11.7 Å². The Morgan fingerprint density at radius 2 is 1.92 bits per heavy atom. The molecule has 1 aliphatic carbocycles. The molecule has 0 spiro atoms. The molecule has 0 radical (unpaired) electrons. The van der Waals surface area contributed by atoms with Crippen LogP contribution in [0.25, 0.3) is 0 Å². The summed E-state index contributed by atoms with van der Waals surface area (Å²) in [6, 6.07) is 3.67. The monoisotopic (exact) mass is 366 g/mol. The van der Waals surface area contributed by atoms with Crippen molar-refractivity contribution in [2.45, 2.75) is 43.8 Å². The lowest BCUT2D eigenvalue weighted by Crippen LogP contribution is -2.34. The van der Waals surface area contributed by atoms with Gasteiger partial charge in [-0.25, -0.2) is 4.79 Å². The van der Waals surface area contributed by atoms with Crippen molar-refractivity contribution in [3.8, 4) is 0 Å². The molecule has 2 aliphatic rings. The zero-order valence-corrected chi connectivity index (χ0v) is 13.8. The highest BCUT2D eigenvalue weighted by Gasteiger charge is 2.36. The van der Waals surface area contributed by atoms with Crippen LogP contribution in [0.1, 0.15) is 54.9 Å². The first-order chi connectivity index (χ1) is 12.4. The first-order valence-electron chi connectivity index (χ1n) is 8.50. The van der Waals surface area contributed by atoms with Crippen LogP contribution in [0.3, 0.4) is 0 Å². The van der Waals surface area contributed by atoms with Gasteiger partial charge < -0.3 is 14.7 Å². The quantitative estimate of drug-likeness (QED) is 0.877. The number of aromatic nitrogens is 2. The molecule has 2 amide bonds. The van der Waals surface area contributed by atoms with E-state index in [1.165, 1.54) is 12.1 Å². The number of nitrogens with zero attached hydrogens (tertiary/aromatic N) is 3. The van der Waals surface area contributed by atoms with E-state index in [1.807, 2.05) is 0 Å². The van der Waals surface area contributed by atoms with Gasteiger partial charge in [-0.05, 0) is 49.9 Å². The van der Waals surface area contributed by atoms with Gasteiger partial charge in [0.1, 0.15) is 6.04 Å². The maximum absolute atomic E-state index is 12.6. The lowest BCUT2D eigenvalue weighted by molar-refractivity contribution is -0.137. The second-order valence-corrected chi connectivity index (χ2v) is 6.62. The third-order valence-corrected chi connectivity index (χ3v) is 4.66. The number of carbonyl (C=O) groups excluding carboxylic acids is 1. The Kier molecular flexibility index (Phi) is 4.08. The summed E-state index contributed by atoms with van der Waals surface area (Å²) < 4.78 is 43.2. The summed E-state index contributed by atoms with van der Waals surface area (Å²) in [5.41, 5.74) is -0.453. The Bertz CT molecular complexity index is 799. The predicted octanol–water partition coefficient (Wildman–Crippen LogP) is 4.33. The Morgan fingerprint density at radius 3 is 2.58 bits per heavy atom. The van der Waals surface area contributed by atoms with E-state index < -0.39 is 17.8 Å². The number of likely N-dealkylation sites (tertiary alicyclic amines) is 1. The molecule has 1 aliphatic heterocycles. The van der Waals surface area contributed by atoms with Gasteiger partial charge in [-0.15, -0.1) is 0 Å². The molecule has 1 atom stereocenters. The van der Waals surface area contributed by atoms with Gasteiger partial charge in [0, 0.05) is 18.2 Å². The van der Waals surface area contributed by atoms with Crippen LogP contribution in [-0.4, -0.2) is 27.6 Å². The van der Waals surface area contributed by atoms with Crippen molar-refractivity contribution in [1.82, 2.24) is 15.0 Å². The molecule has 6 nitrogen and oxygen atoms in total. The fourth-order valence-corrected chi connectivity index (χ4v) is 3.09. The molecule has 9 heteroatoms. The van der Waals surface area contributed by atoms with E-state index in [9.17, 15) is 18.0 Å². The van der Waals surface area contributed by atoms with E-state index in [0.29, 0.717) is 36.3 Å². The van der Waals surface area contributed by atoms with Crippen LogP contribution >= 0.6 is 0 Å². The minimum Gasteiger partial charge on any atom is -0.337 e. The maximum Gasteiger partial charge on any atom is 0.416 e. The molecule has 1 saturated heterocycles. The third-order valence-electron chi connectivity index (χ3n) is 4.66. The average molecular weight is 366 g/mol. The van der Waals surface area contributed by atoms with Crippen molar-refractivity contribution in [1.29, 1.82) is 0 Å². The fourth-order valence-electron chi connectivity index (χ4n) is 3.09. The van der Waals surface area contributed by atoms with E-state index in [-0.39, 0.29) is 6.04 Å². The average Bonchev–Trinajstić information content (AvgIpc) is 3.13. The van der Waals surface area contributed by atoms with E-state index in [2.05, 4.69) is 15.5 Å². The van der Waals surface area contributed by atoms with E-state index in [4.69, 9.17) is 4.52 Å². The number of anilines is 1. The van der Waals surface area contributed by atoms with Crippen LogP contribution in [-0.2, 0) is 6.18 Å². The molecule has 1 unspecified atom stereocenters. The van der Waals surface area contributed by atoms with Crippen LogP contribution in [0.4, 0.5) is 23.7 Å². The third kappa shape index (κ3) is 3.38. The second kappa shape index (κ2) is 6.30. The topological polar surface area (TPSA) is 71.3 Å². The summed E-state index contributed by atoms with van der Waals surface area (Å²) in [5.74, 6) is 1.48. The molecule has 2 fully saturated rings. The van der Waals surface area contributed by atoms with Crippen LogP contribution in [0, 0.1) is 0 Å². The fraction of sp³-hybridized carbons (Fsp3) is 0.471. The lowest BCUT2D eigenvalue weighted by Gasteiger charge is -2.22. The van der Waals surface area contributed by atoms with Gasteiger partial charge in [-0.1, -0.05) is 5.16 Å². The van der Waals surface area contributed by atoms with Gasteiger partial charge >= 0.3 is 12.2 Å². The number of urea groups is 1. The summed E-state index contributed by atoms with van der Waals surface area (Å²) in [7, 11) is 0. The van der Waals surface area contributed by atoms with Crippen LogP contribution in [0.15, 0.2) is 28.8 Å². The van der Waals surface area contributed by atoms with Gasteiger partial charge in [-0.3, -0.25) is 0 Å². The molecular formula is C17H17F3N4O2. The second-order valence-electron chi connectivity index (χ2n) is 6.62. The molecule has 2 aromatic rings. The van der Waals surface area contributed by atoms with Crippen molar-refractivity contribution < 1.29 is 22.5 Å². The number of rotatable bonds is 3. The Hall–Kier alpha value is -2.58. The highest BCUT2D eigenvalue weighted by atomic mass is 19.4. The normalized spacial score (nSPS) is 20.4. The molecule has 1 N–H and O–H groups in total. The minimum absolute atomic E-state index is 0.301. The minimum atomic E-state index is -4.40. The SMILES string of the molecule is O=C(Nc1ccc(C(F)(F)F)cc1)N1CCCC1c1nc(C2CC2)no1. The van der Waals surface area contributed by atoms with Crippen molar-refractivity contribution in [2.75, 3.05) is 11.9 Å². The van der Waals surface area contributed by atoms with Gasteiger partial charge in [0.2, 0.25) is 5.89 Å². The van der Waals surface area contributed by atoms with Gasteiger partial charge in [0.15, 0.2) is 5.82 Å². The van der Waals surface area contributed by atoms with E-state index in [0.717, 1.165) is 31.4 Å². The zero-order chi connectivity index (χ0) is 18.3. The number of halogens is 3. The molecule has 4 rings (SSSR count). The molecule has 1 aromatic heterocycles. The van der Waals surface area contributed by atoms with Crippen molar-refractivity contribution in [2.24, 2.45) is 0 Å². The number of nitrogens with one attached hydrogen (secondary N) is 1. The van der Waals surface area contributed by atoms with Gasteiger partial charge in [-0.2, -0.15) is 18.2 Å². The molecule has 2 heterocycles. The number of alkyl halides is 3. The van der Waals surface area contributed by atoms with Crippen LogP contribution in [0.2, 0.25) is 0 Å². The Balaban J connectivity index is 1.44. The number of benzene rings is 1. The van der Waals surface area contributed by atoms with Crippen LogP contribution < -0.4 is 5.32 Å². The predicted molar refractivity (Wildman–Crippen MR) is 85.4 cm³/mol. The smallest absolute Gasteiger partial charge is 0.337 e. The lowest BCUT2D eigenvalue weighted by atomic mass is 10.2. The summed E-state index contributed by atoms with van der Waals surface area (Å²) >= 11 is 0. The number of amides is 2. The van der Waals surface area contributed by atoms with E-state index >= 15 is 0 Å². The Morgan fingerprint density at radius 1 is 1.19 bits per heavy atom. The molecular weight excluding hydrogens is 349 g/mol. The largest absolute Gasteiger partial charge is 0.416 e. The van der Waals surface area contributed by atoms with E-state index in [1.54, 1.807) is 4.90 Å². The number of hydrogen-bond acceptors (Lipinski definition) is 4. The molecule has 0 bridgehead atoms. The van der Waals surface area contributed by atoms with Crippen LogP contribution in [0.5, 0.6) is 0 Å². The standard InChI is InChI=1S/C17H17F3N4O2/c18-17(19,20)11-5-7-12(8-6-11)21-16(25)24-9-1-2-13(24)15-22-14(23-26-15)10-3-4-10/h5-8,10,13H,1-4,9H2,(H,21,25). The zero-order valence-electron chi connectivity index (χ0n) is 13.8. The van der Waals surface area contributed by atoms with Crippen molar-refractivity contribution in [3.05, 3.63) is 41.5 Å². The maximum atomic E-state index is 12.6. The first kappa shape index (κ1) is 16.9. The number of carbonyl (C=O) groups is 1. The number of hydrogen-bond donors (Lipinski definition) is 1. The first-order valence-corrected chi connectivity index (χ1v) is 8.50. The molecule has 26 heavy (non-hydrogen) atoms. The Labute approximate surface area is 147 Å².